The normalized spacial score (nSPS) is 13.4. The van der Waals surface area contributed by atoms with Crippen LogP contribution in [0, 0.1) is 11.8 Å². The smallest absolute Gasteiger partial charge is 0.189 e. The molecule has 0 bridgehead atoms. The molecular formula is C10H20OS. The monoisotopic (exact) mass is 188 g/mol. The molecule has 1 atom stereocenters. The zero-order valence-corrected chi connectivity index (χ0v) is 9.41. The minimum absolute atomic E-state index is 0.352. The van der Waals surface area contributed by atoms with E-state index >= 15 is 0 Å². The number of hydrogen-bond donors (Lipinski definition) is 0. The Morgan fingerprint density at radius 2 is 1.92 bits per heavy atom. The Labute approximate surface area is 80.3 Å². The lowest BCUT2D eigenvalue weighted by molar-refractivity contribution is -0.111. The molecule has 0 saturated carbocycles. The van der Waals surface area contributed by atoms with Crippen molar-refractivity contribution in [1.29, 1.82) is 0 Å². The van der Waals surface area contributed by atoms with Gasteiger partial charge in [0.15, 0.2) is 5.12 Å². The van der Waals surface area contributed by atoms with Gasteiger partial charge in [0.25, 0.3) is 0 Å². The van der Waals surface area contributed by atoms with Gasteiger partial charge in [0.2, 0.25) is 0 Å². The molecule has 1 nitrogen and oxygen atoms in total. The highest BCUT2D eigenvalue weighted by Gasteiger charge is 2.10. The van der Waals surface area contributed by atoms with Gasteiger partial charge < -0.3 is 0 Å². The van der Waals surface area contributed by atoms with Crippen molar-refractivity contribution in [3.63, 3.8) is 0 Å². The maximum Gasteiger partial charge on any atom is 0.189 e. The van der Waals surface area contributed by atoms with Crippen molar-refractivity contribution in [2.45, 2.75) is 40.5 Å². The van der Waals surface area contributed by atoms with Gasteiger partial charge in [-0.2, -0.15) is 0 Å². The van der Waals surface area contributed by atoms with E-state index in [1.165, 1.54) is 11.8 Å². The summed E-state index contributed by atoms with van der Waals surface area (Å²) in [7, 11) is 0. The maximum absolute atomic E-state index is 11.2. The highest BCUT2D eigenvalue weighted by atomic mass is 32.2. The standard InChI is InChI=1S/C10H20OS/c1-5-12-10(11)7-9(4)6-8(2)3/h8-9H,5-7H2,1-4H3. The second-order valence-corrected chi connectivity index (χ2v) is 5.07. The molecule has 0 fully saturated rings. The summed E-state index contributed by atoms with van der Waals surface area (Å²) >= 11 is 1.45. The molecule has 0 aromatic carbocycles. The van der Waals surface area contributed by atoms with E-state index in [9.17, 15) is 4.79 Å². The van der Waals surface area contributed by atoms with Crippen LogP contribution in [0.4, 0.5) is 0 Å². The number of hydrogen-bond acceptors (Lipinski definition) is 2. The number of thioether (sulfide) groups is 1. The second kappa shape index (κ2) is 6.53. The summed E-state index contributed by atoms with van der Waals surface area (Å²) < 4.78 is 0. The van der Waals surface area contributed by atoms with E-state index in [1.807, 2.05) is 6.92 Å². The van der Waals surface area contributed by atoms with E-state index in [0.29, 0.717) is 17.0 Å². The van der Waals surface area contributed by atoms with Crippen LogP contribution >= 0.6 is 11.8 Å². The Morgan fingerprint density at radius 3 is 2.33 bits per heavy atom. The number of rotatable bonds is 5. The van der Waals surface area contributed by atoms with E-state index in [2.05, 4.69) is 20.8 Å². The number of carbonyl (C=O) groups excluding carboxylic acids is 1. The van der Waals surface area contributed by atoms with Crippen LogP contribution in [0.3, 0.4) is 0 Å². The van der Waals surface area contributed by atoms with Gasteiger partial charge in [-0.15, -0.1) is 0 Å². The Kier molecular flexibility index (Phi) is 6.54. The molecular weight excluding hydrogens is 168 g/mol. The summed E-state index contributed by atoms with van der Waals surface area (Å²) in [5.74, 6) is 2.17. The topological polar surface area (TPSA) is 17.1 Å². The fourth-order valence-electron chi connectivity index (χ4n) is 1.39. The molecule has 0 aliphatic carbocycles. The lowest BCUT2D eigenvalue weighted by Gasteiger charge is -2.11. The lowest BCUT2D eigenvalue weighted by atomic mass is 9.97. The summed E-state index contributed by atoms with van der Waals surface area (Å²) in [4.78, 5) is 11.2. The molecule has 0 aliphatic heterocycles. The molecule has 0 rings (SSSR count). The molecule has 0 aliphatic rings. The van der Waals surface area contributed by atoms with Crippen LogP contribution in [0.5, 0.6) is 0 Å². The summed E-state index contributed by atoms with van der Waals surface area (Å²) in [6, 6.07) is 0. The Bertz CT molecular complexity index is 132. The van der Waals surface area contributed by atoms with E-state index < -0.39 is 0 Å². The summed E-state index contributed by atoms with van der Waals surface area (Å²) in [6.45, 7) is 8.59. The van der Waals surface area contributed by atoms with Gasteiger partial charge in [-0.3, -0.25) is 4.79 Å². The molecule has 0 amide bonds. The molecule has 0 radical (unpaired) electrons. The zero-order chi connectivity index (χ0) is 9.56. The van der Waals surface area contributed by atoms with Gasteiger partial charge in [-0.05, 0) is 24.0 Å². The highest BCUT2D eigenvalue weighted by molar-refractivity contribution is 8.13. The molecule has 0 heterocycles. The molecule has 0 N–H and O–H groups in total. The average molecular weight is 188 g/mol. The molecule has 2 heteroatoms. The van der Waals surface area contributed by atoms with Crippen LogP contribution in [0.15, 0.2) is 0 Å². The largest absolute Gasteiger partial charge is 0.287 e. The van der Waals surface area contributed by atoms with Crippen molar-refractivity contribution in [3.05, 3.63) is 0 Å². The summed E-state index contributed by atoms with van der Waals surface area (Å²) in [5, 5.41) is 0.352. The predicted octanol–water partition coefficient (Wildman–Crippen LogP) is 3.34. The predicted molar refractivity (Wildman–Crippen MR) is 56.4 cm³/mol. The van der Waals surface area contributed by atoms with E-state index in [1.54, 1.807) is 0 Å². The van der Waals surface area contributed by atoms with Crippen molar-refractivity contribution in [3.8, 4) is 0 Å². The number of carbonyl (C=O) groups is 1. The van der Waals surface area contributed by atoms with Crippen LogP contribution in [0.25, 0.3) is 0 Å². The fourth-order valence-corrected chi connectivity index (χ4v) is 2.12. The van der Waals surface area contributed by atoms with Gasteiger partial charge in [0, 0.05) is 6.42 Å². The molecule has 1 unspecified atom stereocenters. The third kappa shape index (κ3) is 6.71. The first-order valence-electron chi connectivity index (χ1n) is 4.71. The van der Waals surface area contributed by atoms with Crippen LogP contribution in [0.1, 0.15) is 40.5 Å². The molecule has 0 saturated heterocycles. The molecule has 12 heavy (non-hydrogen) atoms. The Morgan fingerprint density at radius 1 is 1.33 bits per heavy atom. The molecule has 72 valence electrons. The Hall–Kier alpha value is 0.0200. The van der Waals surface area contributed by atoms with Gasteiger partial charge in [0.1, 0.15) is 0 Å². The van der Waals surface area contributed by atoms with Gasteiger partial charge in [-0.1, -0.05) is 39.5 Å². The average Bonchev–Trinajstić information content (AvgIpc) is 1.84. The minimum atomic E-state index is 0.352. The highest BCUT2D eigenvalue weighted by Crippen LogP contribution is 2.18. The molecule has 0 aromatic heterocycles. The first-order valence-corrected chi connectivity index (χ1v) is 5.70. The van der Waals surface area contributed by atoms with Crippen LogP contribution in [-0.2, 0) is 4.79 Å². The van der Waals surface area contributed by atoms with Crippen molar-refractivity contribution in [2.75, 3.05) is 5.75 Å². The zero-order valence-electron chi connectivity index (χ0n) is 8.59. The molecule has 0 aromatic rings. The van der Waals surface area contributed by atoms with Crippen molar-refractivity contribution in [1.82, 2.24) is 0 Å². The maximum atomic E-state index is 11.2. The van der Waals surface area contributed by atoms with Crippen molar-refractivity contribution < 1.29 is 4.79 Å². The third-order valence-corrected chi connectivity index (χ3v) is 2.47. The summed E-state index contributed by atoms with van der Waals surface area (Å²) in [5.41, 5.74) is 0. The SMILES string of the molecule is CCSC(=O)CC(C)CC(C)C. The van der Waals surface area contributed by atoms with E-state index in [-0.39, 0.29) is 0 Å². The van der Waals surface area contributed by atoms with Gasteiger partial charge >= 0.3 is 0 Å². The third-order valence-electron chi connectivity index (χ3n) is 1.69. The minimum Gasteiger partial charge on any atom is -0.287 e. The quantitative estimate of drug-likeness (QED) is 0.658. The van der Waals surface area contributed by atoms with E-state index in [4.69, 9.17) is 0 Å². The summed E-state index contributed by atoms with van der Waals surface area (Å²) in [6.07, 6.45) is 1.91. The van der Waals surface area contributed by atoms with Gasteiger partial charge in [0.05, 0.1) is 0 Å². The second-order valence-electron chi connectivity index (χ2n) is 3.74. The van der Waals surface area contributed by atoms with Crippen molar-refractivity contribution in [2.24, 2.45) is 11.8 Å². The van der Waals surface area contributed by atoms with Gasteiger partial charge in [-0.25, -0.2) is 0 Å². The van der Waals surface area contributed by atoms with E-state index in [0.717, 1.165) is 18.6 Å². The van der Waals surface area contributed by atoms with Crippen LogP contribution in [-0.4, -0.2) is 10.9 Å². The van der Waals surface area contributed by atoms with Crippen LogP contribution < -0.4 is 0 Å². The fraction of sp³-hybridized carbons (Fsp3) is 0.900. The molecule has 0 spiro atoms. The first kappa shape index (κ1) is 12.0. The Balaban J connectivity index is 3.54. The lowest BCUT2D eigenvalue weighted by Crippen LogP contribution is -2.05. The van der Waals surface area contributed by atoms with Crippen molar-refractivity contribution >= 4 is 16.9 Å². The van der Waals surface area contributed by atoms with Crippen LogP contribution in [0.2, 0.25) is 0 Å². The first-order chi connectivity index (χ1) is 5.56.